The number of benzene rings is 5. The lowest BCUT2D eigenvalue weighted by Crippen LogP contribution is -1.99. The summed E-state index contributed by atoms with van der Waals surface area (Å²) < 4.78 is 2.14. The number of nitrogens with zero attached hydrogens (tertiary/aromatic N) is 4. The van der Waals surface area contributed by atoms with Crippen molar-refractivity contribution in [1.82, 2.24) is 14.5 Å². The maximum Gasteiger partial charge on any atom is 0.270 e. The van der Waals surface area contributed by atoms with Crippen LogP contribution in [0, 0.1) is 6.57 Å². The standard InChI is InChI=1S/C35H22N4O/c1-36-33-21-9-17-29(37-33)25-13-6-12-24(22-25)27-16-8-19-31-34(27)38-35(28-15-4-5-20-32(28)40)39(31)30-18-7-11-23-10-2-3-14-26(23)30/h2-22,40H. The molecule has 40 heavy (non-hydrogen) atoms. The molecule has 1 N–H and O–H groups in total. The van der Waals surface area contributed by atoms with Gasteiger partial charge in [-0.15, -0.1) is 4.98 Å². The molecule has 2 heterocycles. The Morgan fingerprint density at radius 2 is 1.38 bits per heavy atom. The molecule has 0 saturated heterocycles. The van der Waals surface area contributed by atoms with E-state index in [1.54, 1.807) is 12.1 Å². The Kier molecular flexibility index (Phi) is 5.58. The number of imidazole rings is 1. The van der Waals surface area contributed by atoms with Crippen LogP contribution in [0.4, 0.5) is 5.82 Å². The van der Waals surface area contributed by atoms with Gasteiger partial charge in [-0.1, -0.05) is 91.5 Å². The van der Waals surface area contributed by atoms with Crippen molar-refractivity contribution in [3.8, 4) is 45.2 Å². The number of rotatable bonds is 4. The van der Waals surface area contributed by atoms with Crippen molar-refractivity contribution >= 4 is 27.6 Å². The number of pyridine rings is 1. The summed E-state index contributed by atoms with van der Waals surface area (Å²) in [5.41, 5.74) is 7.05. The highest BCUT2D eigenvalue weighted by molar-refractivity contribution is 5.99. The zero-order valence-electron chi connectivity index (χ0n) is 21.4. The SMILES string of the molecule is [C-]#[N+]c1cccc(-c2cccc(-c3cccc4c3nc(-c3ccccc3O)n4-c3cccc4ccccc34)c2)n1. The number of aromatic hydroxyl groups is 1. The van der Waals surface area contributed by atoms with Gasteiger partial charge in [0.2, 0.25) is 0 Å². The third kappa shape index (κ3) is 3.87. The minimum atomic E-state index is 0.175. The molecule has 0 fully saturated rings. The van der Waals surface area contributed by atoms with E-state index in [2.05, 4.69) is 69.0 Å². The number of phenols is 1. The Morgan fingerprint density at radius 3 is 2.27 bits per heavy atom. The van der Waals surface area contributed by atoms with E-state index in [0.717, 1.165) is 49.9 Å². The molecule has 0 unspecified atom stereocenters. The summed E-state index contributed by atoms with van der Waals surface area (Å²) in [6.45, 7) is 7.33. The molecule has 0 aliphatic carbocycles. The van der Waals surface area contributed by atoms with E-state index in [0.29, 0.717) is 17.2 Å². The lowest BCUT2D eigenvalue weighted by molar-refractivity contribution is 0.477. The van der Waals surface area contributed by atoms with Gasteiger partial charge in [0.15, 0.2) is 5.69 Å². The monoisotopic (exact) mass is 514 g/mol. The van der Waals surface area contributed by atoms with E-state index < -0.39 is 0 Å². The molecule has 0 amide bonds. The number of phenolic OH excluding ortho intramolecular Hbond substituents is 1. The molecule has 7 rings (SSSR count). The van der Waals surface area contributed by atoms with Crippen molar-refractivity contribution in [2.24, 2.45) is 0 Å². The molecule has 0 aliphatic heterocycles. The number of para-hydroxylation sites is 2. The van der Waals surface area contributed by atoms with E-state index in [1.807, 2.05) is 60.7 Å². The molecule has 188 valence electrons. The van der Waals surface area contributed by atoms with Gasteiger partial charge in [0.1, 0.15) is 11.6 Å². The van der Waals surface area contributed by atoms with Crippen LogP contribution in [0.2, 0.25) is 0 Å². The summed E-state index contributed by atoms with van der Waals surface area (Å²) in [5.74, 6) is 1.21. The van der Waals surface area contributed by atoms with Gasteiger partial charge in [-0.25, -0.2) is 4.98 Å². The molecule has 2 aromatic heterocycles. The van der Waals surface area contributed by atoms with E-state index in [-0.39, 0.29) is 5.75 Å². The highest BCUT2D eigenvalue weighted by Crippen LogP contribution is 2.39. The Bertz CT molecular complexity index is 2100. The summed E-state index contributed by atoms with van der Waals surface area (Å²) in [6, 6.07) is 41.7. The number of hydrogen-bond acceptors (Lipinski definition) is 3. The van der Waals surface area contributed by atoms with Crippen LogP contribution < -0.4 is 0 Å². The number of hydrogen-bond donors (Lipinski definition) is 1. The first-order valence-corrected chi connectivity index (χ1v) is 12.9. The van der Waals surface area contributed by atoms with Gasteiger partial charge in [-0.2, -0.15) is 0 Å². The highest BCUT2D eigenvalue weighted by atomic mass is 16.3. The Hall–Kier alpha value is -5.73. The van der Waals surface area contributed by atoms with Crippen molar-refractivity contribution in [2.75, 3.05) is 0 Å². The normalized spacial score (nSPS) is 11.1. The molecule has 5 nitrogen and oxygen atoms in total. The third-order valence-corrected chi connectivity index (χ3v) is 7.16. The van der Waals surface area contributed by atoms with Gasteiger partial charge in [0.25, 0.3) is 5.82 Å². The molecule has 0 atom stereocenters. The first-order chi connectivity index (χ1) is 19.7. The van der Waals surface area contributed by atoms with Crippen molar-refractivity contribution in [3.63, 3.8) is 0 Å². The van der Waals surface area contributed by atoms with Crippen LogP contribution in [0.25, 0.3) is 66.1 Å². The highest BCUT2D eigenvalue weighted by Gasteiger charge is 2.20. The fourth-order valence-electron chi connectivity index (χ4n) is 5.32. The smallest absolute Gasteiger partial charge is 0.270 e. The average molecular weight is 515 g/mol. The Balaban J connectivity index is 1.50. The lowest BCUT2D eigenvalue weighted by Gasteiger charge is -2.13. The van der Waals surface area contributed by atoms with Crippen molar-refractivity contribution in [3.05, 3.63) is 139 Å². The molecular formula is C35H22N4O. The molecule has 0 saturated carbocycles. The zero-order valence-corrected chi connectivity index (χ0v) is 21.4. The van der Waals surface area contributed by atoms with E-state index >= 15 is 0 Å². The predicted octanol–water partition coefficient (Wildman–Crippen LogP) is 8.83. The molecule has 0 spiro atoms. The van der Waals surface area contributed by atoms with Crippen LogP contribution >= 0.6 is 0 Å². The second-order valence-corrected chi connectivity index (χ2v) is 9.53. The quantitative estimate of drug-likeness (QED) is 0.239. The minimum absolute atomic E-state index is 0.175. The van der Waals surface area contributed by atoms with Crippen LogP contribution in [-0.4, -0.2) is 19.6 Å². The van der Waals surface area contributed by atoms with Crippen LogP contribution in [0.1, 0.15) is 0 Å². The fraction of sp³-hybridized carbons (Fsp3) is 0. The molecule has 0 radical (unpaired) electrons. The Labute approximate surface area is 231 Å². The first kappa shape index (κ1) is 23.4. The second kappa shape index (κ2) is 9.54. The van der Waals surface area contributed by atoms with Crippen LogP contribution in [0.5, 0.6) is 5.75 Å². The Morgan fingerprint density at radius 1 is 0.650 bits per heavy atom. The third-order valence-electron chi connectivity index (χ3n) is 7.16. The molecule has 5 aromatic carbocycles. The van der Waals surface area contributed by atoms with Crippen LogP contribution in [-0.2, 0) is 0 Å². The summed E-state index contributed by atoms with van der Waals surface area (Å²) in [4.78, 5) is 13.2. The first-order valence-electron chi connectivity index (χ1n) is 12.9. The van der Waals surface area contributed by atoms with Gasteiger partial charge in [-0.3, -0.25) is 4.57 Å². The van der Waals surface area contributed by atoms with Crippen LogP contribution in [0.3, 0.4) is 0 Å². The van der Waals surface area contributed by atoms with E-state index in [9.17, 15) is 5.11 Å². The number of aromatic nitrogens is 3. The van der Waals surface area contributed by atoms with Gasteiger partial charge in [0, 0.05) is 16.5 Å². The van der Waals surface area contributed by atoms with Gasteiger partial charge in [0.05, 0.1) is 22.3 Å². The molecule has 5 heteroatoms. The van der Waals surface area contributed by atoms with Gasteiger partial charge >= 0.3 is 0 Å². The molecular weight excluding hydrogens is 492 g/mol. The summed E-state index contributed by atoms with van der Waals surface area (Å²) in [5, 5.41) is 13.1. The second-order valence-electron chi connectivity index (χ2n) is 9.53. The van der Waals surface area contributed by atoms with Crippen molar-refractivity contribution in [2.45, 2.75) is 0 Å². The van der Waals surface area contributed by atoms with E-state index in [1.165, 1.54) is 0 Å². The van der Waals surface area contributed by atoms with Crippen molar-refractivity contribution in [1.29, 1.82) is 0 Å². The van der Waals surface area contributed by atoms with Gasteiger partial charge < -0.3 is 9.95 Å². The summed E-state index contributed by atoms with van der Waals surface area (Å²) in [7, 11) is 0. The van der Waals surface area contributed by atoms with E-state index in [4.69, 9.17) is 11.6 Å². The number of fused-ring (bicyclic) bond motifs is 2. The molecule has 0 aliphatic rings. The maximum absolute atomic E-state index is 10.9. The lowest BCUT2D eigenvalue weighted by atomic mass is 10.00. The van der Waals surface area contributed by atoms with Crippen molar-refractivity contribution < 1.29 is 5.11 Å². The summed E-state index contributed by atoms with van der Waals surface area (Å²) in [6.07, 6.45) is 0. The maximum atomic E-state index is 10.9. The summed E-state index contributed by atoms with van der Waals surface area (Å²) >= 11 is 0. The van der Waals surface area contributed by atoms with Gasteiger partial charge in [-0.05, 0) is 53.4 Å². The largest absolute Gasteiger partial charge is 0.507 e. The fourth-order valence-corrected chi connectivity index (χ4v) is 5.32. The van der Waals surface area contributed by atoms with Crippen LogP contribution in [0.15, 0.2) is 127 Å². The molecule has 0 bridgehead atoms. The molecule has 7 aromatic rings. The predicted molar refractivity (Wildman–Crippen MR) is 161 cm³/mol. The average Bonchev–Trinajstić information content (AvgIpc) is 3.40. The topological polar surface area (TPSA) is 55.3 Å². The zero-order chi connectivity index (χ0) is 27.1. The minimum Gasteiger partial charge on any atom is -0.507 e.